The first-order valence-corrected chi connectivity index (χ1v) is 10.2. The summed E-state index contributed by atoms with van der Waals surface area (Å²) in [6.45, 7) is 2.55. The Morgan fingerprint density at radius 2 is 1.80 bits per heavy atom. The molecule has 25 heavy (non-hydrogen) atoms. The van der Waals surface area contributed by atoms with Crippen LogP contribution in [0.3, 0.4) is 0 Å². The summed E-state index contributed by atoms with van der Waals surface area (Å²) < 4.78 is 0. The molecule has 0 radical (unpaired) electrons. The molecule has 4 nitrogen and oxygen atoms in total. The lowest BCUT2D eigenvalue weighted by molar-refractivity contribution is -0.121. The van der Waals surface area contributed by atoms with Gasteiger partial charge < -0.3 is 15.3 Å². The lowest BCUT2D eigenvalue weighted by Crippen LogP contribution is -2.19. The average Bonchev–Trinajstić information content (AvgIpc) is 2.87. The fourth-order valence-electron chi connectivity index (χ4n) is 3.79. The van der Waals surface area contributed by atoms with Crippen LogP contribution < -0.4 is 0 Å². The first-order chi connectivity index (χ1) is 12.1. The third kappa shape index (κ3) is 8.48. The van der Waals surface area contributed by atoms with Crippen LogP contribution in [-0.2, 0) is 4.79 Å². The summed E-state index contributed by atoms with van der Waals surface area (Å²) >= 11 is 0. The zero-order valence-electron chi connectivity index (χ0n) is 15.9. The second-order valence-corrected chi connectivity index (χ2v) is 7.53. The van der Waals surface area contributed by atoms with Gasteiger partial charge in [-0.3, -0.25) is 4.79 Å². The molecule has 4 heteroatoms. The zero-order valence-corrected chi connectivity index (χ0v) is 15.9. The van der Waals surface area contributed by atoms with Crippen molar-refractivity contribution in [3.63, 3.8) is 0 Å². The molecule has 4 atom stereocenters. The van der Waals surface area contributed by atoms with E-state index in [1.165, 1.54) is 6.42 Å². The Hall–Kier alpha value is -0.710. The lowest BCUT2D eigenvalue weighted by Gasteiger charge is -2.18. The molecule has 1 rings (SSSR count). The highest BCUT2D eigenvalue weighted by Gasteiger charge is 2.39. The molecule has 0 bridgehead atoms. The van der Waals surface area contributed by atoms with Crippen molar-refractivity contribution < 1.29 is 20.1 Å². The number of rotatable bonds is 14. The highest BCUT2D eigenvalue weighted by molar-refractivity contribution is 5.84. The van der Waals surface area contributed by atoms with Crippen molar-refractivity contribution in [2.45, 2.75) is 83.7 Å². The molecule has 0 unspecified atom stereocenters. The van der Waals surface area contributed by atoms with Crippen LogP contribution in [0.1, 0.15) is 77.6 Å². The maximum absolute atomic E-state index is 12.2. The normalized spacial score (nSPS) is 25.1. The van der Waals surface area contributed by atoms with Crippen LogP contribution >= 0.6 is 0 Å². The van der Waals surface area contributed by atoms with E-state index < -0.39 is 6.10 Å². The molecule has 1 saturated carbocycles. The fourth-order valence-corrected chi connectivity index (χ4v) is 3.79. The van der Waals surface area contributed by atoms with Crippen LogP contribution in [0.2, 0.25) is 0 Å². The second-order valence-electron chi connectivity index (χ2n) is 7.53. The Morgan fingerprint density at radius 3 is 2.48 bits per heavy atom. The molecule has 1 aliphatic rings. The van der Waals surface area contributed by atoms with Gasteiger partial charge in [0.25, 0.3) is 0 Å². The van der Waals surface area contributed by atoms with Gasteiger partial charge in [-0.05, 0) is 25.2 Å². The van der Waals surface area contributed by atoms with E-state index in [-0.39, 0.29) is 43.2 Å². The summed E-state index contributed by atoms with van der Waals surface area (Å²) in [6.07, 6.45) is 14.0. The Morgan fingerprint density at radius 1 is 1.08 bits per heavy atom. The largest absolute Gasteiger partial charge is 0.396 e. The van der Waals surface area contributed by atoms with Gasteiger partial charge in [-0.2, -0.15) is 0 Å². The zero-order chi connectivity index (χ0) is 18.5. The Bertz CT molecular complexity index is 380. The molecule has 0 aromatic rings. The number of Topliss-reactive ketones (excluding diaryl/α,β-unsaturated/α-hetero) is 1. The van der Waals surface area contributed by atoms with E-state index in [4.69, 9.17) is 5.11 Å². The van der Waals surface area contributed by atoms with Gasteiger partial charge in [0.2, 0.25) is 0 Å². The number of unbranched alkanes of at least 4 members (excludes halogenated alkanes) is 6. The van der Waals surface area contributed by atoms with Gasteiger partial charge in [0.1, 0.15) is 5.78 Å². The molecular weight excluding hydrogens is 316 g/mol. The van der Waals surface area contributed by atoms with Crippen LogP contribution in [0.5, 0.6) is 0 Å². The SMILES string of the molecule is CCCCC[C@@H](/C=C/[C@H]1[C@H](O)CC(=O)[C@@H]1CCCCCCCO)CO. The standard InChI is InChI=1S/C21H38O4/c1-2-3-7-10-17(16-23)12-13-19-18(20(24)15-21(19)25)11-8-5-4-6-9-14-22/h12-13,17-19,21-23,25H,2-11,14-16H2,1H3/b13-12+/t17-,18+,19+,21+/m0/s1. The van der Waals surface area contributed by atoms with Crippen molar-refractivity contribution in [2.75, 3.05) is 13.2 Å². The van der Waals surface area contributed by atoms with Crippen LogP contribution in [0, 0.1) is 17.8 Å². The van der Waals surface area contributed by atoms with Gasteiger partial charge in [-0.25, -0.2) is 0 Å². The number of ketones is 1. The summed E-state index contributed by atoms with van der Waals surface area (Å²) in [7, 11) is 0. The Balaban J connectivity index is 2.46. The molecule has 0 amide bonds. The van der Waals surface area contributed by atoms with E-state index in [2.05, 4.69) is 6.92 Å². The summed E-state index contributed by atoms with van der Waals surface area (Å²) in [6, 6.07) is 0. The number of aliphatic hydroxyl groups excluding tert-OH is 3. The van der Waals surface area contributed by atoms with E-state index >= 15 is 0 Å². The van der Waals surface area contributed by atoms with Crippen molar-refractivity contribution in [1.82, 2.24) is 0 Å². The number of hydrogen-bond donors (Lipinski definition) is 3. The highest BCUT2D eigenvalue weighted by atomic mass is 16.3. The number of carbonyl (C=O) groups excluding carboxylic acids is 1. The molecule has 0 spiro atoms. The minimum absolute atomic E-state index is 0.0703. The van der Waals surface area contributed by atoms with E-state index in [0.717, 1.165) is 57.8 Å². The second kappa shape index (κ2) is 13.5. The summed E-state index contributed by atoms with van der Waals surface area (Å²) in [5.41, 5.74) is 0. The molecule has 0 heterocycles. The molecule has 0 aliphatic heterocycles. The predicted molar refractivity (Wildman–Crippen MR) is 101 cm³/mol. The van der Waals surface area contributed by atoms with Crippen molar-refractivity contribution in [3.8, 4) is 0 Å². The highest BCUT2D eigenvalue weighted by Crippen LogP contribution is 2.34. The quantitative estimate of drug-likeness (QED) is 0.329. The van der Waals surface area contributed by atoms with Gasteiger partial charge >= 0.3 is 0 Å². The maximum Gasteiger partial charge on any atom is 0.139 e. The van der Waals surface area contributed by atoms with Gasteiger partial charge in [-0.1, -0.05) is 64.0 Å². The minimum Gasteiger partial charge on any atom is -0.396 e. The summed E-state index contributed by atoms with van der Waals surface area (Å²) in [5.74, 6) is 0.155. The van der Waals surface area contributed by atoms with E-state index in [1.807, 2.05) is 12.2 Å². The molecule has 146 valence electrons. The number of aliphatic hydroxyl groups is 3. The van der Waals surface area contributed by atoms with Gasteiger partial charge in [0, 0.05) is 31.5 Å². The molecule has 0 saturated heterocycles. The van der Waals surface area contributed by atoms with E-state index in [9.17, 15) is 15.0 Å². The van der Waals surface area contributed by atoms with Crippen LogP contribution in [0.25, 0.3) is 0 Å². The first kappa shape index (κ1) is 22.3. The van der Waals surface area contributed by atoms with Gasteiger partial charge in [-0.15, -0.1) is 0 Å². The van der Waals surface area contributed by atoms with Crippen LogP contribution in [0.4, 0.5) is 0 Å². The topological polar surface area (TPSA) is 77.8 Å². The first-order valence-electron chi connectivity index (χ1n) is 10.2. The predicted octanol–water partition coefficient (Wildman–Crippen LogP) is 3.63. The molecule has 3 N–H and O–H groups in total. The molecule has 1 aliphatic carbocycles. The van der Waals surface area contributed by atoms with Crippen molar-refractivity contribution >= 4 is 5.78 Å². The van der Waals surface area contributed by atoms with E-state index in [0.29, 0.717) is 0 Å². The maximum atomic E-state index is 12.2. The monoisotopic (exact) mass is 354 g/mol. The smallest absolute Gasteiger partial charge is 0.139 e. The molecular formula is C21H38O4. The third-order valence-corrected chi connectivity index (χ3v) is 5.42. The summed E-state index contributed by atoms with van der Waals surface area (Å²) in [5, 5.41) is 28.6. The van der Waals surface area contributed by atoms with E-state index in [1.54, 1.807) is 0 Å². The fraction of sp³-hybridized carbons (Fsp3) is 0.857. The van der Waals surface area contributed by atoms with Crippen LogP contribution in [0.15, 0.2) is 12.2 Å². The minimum atomic E-state index is -0.571. The van der Waals surface area contributed by atoms with Crippen LogP contribution in [-0.4, -0.2) is 40.4 Å². The van der Waals surface area contributed by atoms with Crippen molar-refractivity contribution in [3.05, 3.63) is 12.2 Å². The Kier molecular flexibility index (Phi) is 12.0. The molecule has 1 fully saturated rings. The van der Waals surface area contributed by atoms with Crippen molar-refractivity contribution in [2.24, 2.45) is 17.8 Å². The van der Waals surface area contributed by atoms with Gasteiger partial charge in [0.15, 0.2) is 0 Å². The van der Waals surface area contributed by atoms with Gasteiger partial charge in [0.05, 0.1) is 6.10 Å². The number of carbonyl (C=O) groups is 1. The summed E-state index contributed by atoms with van der Waals surface area (Å²) in [4.78, 5) is 12.2. The lowest BCUT2D eigenvalue weighted by atomic mass is 9.87. The third-order valence-electron chi connectivity index (χ3n) is 5.42. The average molecular weight is 355 g/mol. The molecule has 0 aromatic heterocycles. The van der Waals surface area contributed by atoms with Crippen molar-refractivity contribution in [1.29, 1.82) is 0 Å². The number of hydrogen-bond acceptors (Lipinski definition) is 4. The Labute approximate surface area is 153 Å². The molecule has 0 aromatic carbocycles.